The number of hydrogen-bond donors (Lipinski definition) is 0. The van der Waals surface area contributed by atoms with E-state index in [1.807, 2.05) is 6.92 Å². The highest BCUT2D eigenvalue weighted by Crippen LogP contribution is 2.38. The van der Waals surface area contributed by atoms with Gasteiger partial charge in [0.15, 0.2) is 5.82 Å². The molecule has 0 saturated heterocycles. The summed E-state index contributed by atoms with van der Waals surface area (Å²) in [5.41, 5.74) is 0.0230. The van der Waals surface area contributed by atoms with Crippen LogP contribution >= 0.6 is 0 Å². The van der Waals surface area contributed by atoms with Gasteiger partial charge < -0.3 is 9.42 Å². The van der Waals surface area contributed by atoms with Gasteiger partial charge in [-0.15, -0.1) is 0 Å². The summed E-state index contributed by atoms with van der Waals surface area (Å²) < 4.78 is 5.17. The molecular formula is C17H25N3O2. The van der Waals surface area contributed by atoms with E-state index in [1.54, 1.807) is 0 Å². The molecule has 1 aliphatic carbocycles. The summed E-state index contributed by atoms with van der Waals surface area (Å²) in [5, 5.41) is 3.89. The van der Waals surface area contributed by atoms with Crippen molar-refractivity contribution in [2.75, 3.05) is 6.54 Å². The van der Waals surface area contributed by atoms with Gasteiger partial charge in [-0.3, -0.25) is 4.79 Å². The van der Waals surface area contributed by atoms with Crippen molar-refractivity contribution in [1.82, 2.24) is 15.0 Å². The fraction of sp³-hybridized carbons (Fsp3) is 0.706. The summed E-state index contributed by atoms with van der Waals surface area (Å²) in [6, 6.07) is 0. The van der Waals surface area contributed by atoms with Crippen molar-refractivity contribution < 1.29 is 9.32 Å². The lowest BCUT2D eigenvalue weighted by Gasteiger charge is -2.41. The van der Waals surface area contributed by atoms with Crippen molar-refractivity contribution >= 4 is 5.91 Å². The van der Waals surface area contributed by atoms with Crippen molar-refractivity contribution in [3.63, 3.8) is 0 Å². The van der Waals surface area contributed by atoms with E-state index < -0.39 is 0 Å². The van der Waals surface area contributed by atoms with Gasteiger partial charge in [-0.05, 0) is 19.3 Å². The second-order valence-corrected chi connectivity index (χ2v) is 6.38. The van der Waals surface area contributed by atoms with Crippen LogP contribution in [0.5, 0.6) is 0 Å². The molecule has 0 N–H and O–H groups in total. The minimum Gasteiger partial charge on any atom is -0.339 e. The maximum absolute atomic E-state index is 12.6. The molecule has 1 saturated carbocycles. The van der Waals surface area contributed by atoms with Crippen LogP contribution in [0.2, 0.25) is 0 Å². The Morgan fingerprint density at radius 1 is 1.36 bits per heavy atom. The third-order valence-electron chi connectivity index (χ3n) is 4.88. The topological polar surface area (TPSA) is 59.2 Å². The van der Waals surface area contributed by atoms with Crippen molar-refractivity contribution in [1.29, 1.82) is 0 Å². The van der Waals surface area contributed by atoms with Crippen LogP contribution in [0.15, 0.2) is 16.7 Å². The predicted octanol–water partition coefficient (Wildman–Crippen LogP) is 3.06. The van der Waals surface area contributed by atoms with Crippen LogP contribution in [0.1, 0.15) is 63.6 Å². The number of rotatable bonds is 5. The Balaban J connectivity index is 1.51. The lowest BCUT2D eigenvalue weighted by molar-refractivity contribution is -0.135. The number of carbonyl (C=O) groups is 1. The van der Waals surface area contributed by atoms with Crippen molar-refractivity contribution in [3.05, 3.63) is 23.9 Å². The molecule has 1 aliphatic heterocycles. The molecule has 1 fully saturated rings. The van der Waals surface area contributed by atoms with Gasteiger partial charge in [0.25, 0.3) is 0 Å². The highest BCUT2D eigenvalue weighted by molar-refractivity contribution is 5.78. The van der Waals surface area contributed by atoms with Crippen LogP contribution < -0.4 is 0 Å². The van der Waals surface area contributed by atoms with Crippen LogP contribution in [0, 0.1) is 0 Å². The Morgan fingerprint density at radius 3 is 2.91 bits per heavy atom. The fourth-order valence-electron chi connectivity index (χ4n) is 3.66. The first-order valence-corrected chi connectivity index (χ1v) is 8.53. The molecular weight excluding hydrogens is 278 g/mol. The zero-order valence-electron chi connectivity index (χ0n) is 13.4. The molecule has 3 rings (SSSR count). The average molecular weight is 303 g/mol. The summed E-state index contributed by atoms with van der Waals surface area (Å²) in [6.07, 6.45) is 13.3. The van der Waals surface area contributed by atoms with Crippen LogP contribution in [-0.4, -0.2) is 33.0 Å². The van der Waals surface area contributed by atoms with E-state index in [2.05, 4.69) is 27.2 Å². The first-order chi connectivity index (χ1) is 10.7. The normalized spacial score (nSPS) is 20.0. The summed E-state index contributed by atoms with van der Waals surface area (Å²) in [7, 11) is 0. The van der Waals surface area contributed by atoms with Gasteiger partial charge in [0, 0.05) is 25.8 Å². The summed E-state index contributed by atoms with van der Waals surface area (Å²) >= 11 is 0. The van der Waals surface area contributed by atoms with Gasteiger partial charge in [-0.1, -0.05) is 43.5 Å². The molecule has 120 valence electrons. The van der Waals surface area contributed by atoms with Crippen molar-refractivity contribution in [3.8, 4) is 0 Å². The Bertz CT molecular complexity index is 544. The highest BCUT2D eigenvalue weighted by atomic mass is 16.5. The molecule has 0 unspecified atom stereocenters. The Labute approximate surface area is 131 Å². The maximum Gasteiger partial charge on any atom is 0.226 e. The van der Waals surface area contributed by atoms with Crippen LogP contribution in [0.25, 0.3) is 0 Å². The number of nitrogens with zero attached hydrogens (tertiary/aromatic N) is 3. The Hall–Kier alpha value is -1.65. The molecule has 0 bridgehead atoms. The third kappa shape index (κ3) is 3.08. The highest BCUT2D eigenvalue weighted by Gasteiger charge is 2.40. The third-order valence-corrected chi connectivity index (χ3v) is 4.88. The van der Waals surface area contributed by atoms with E-state index in [-0.39, 0.29) is 11.4 Å². The molecule has 0 aromatic carbocycles. The number of aromatic nitrogens is 2. The van der Waals surface area contributed by atoms with E-state index in [4.69, 9.17) is 4.52 Å². The molecule has 0 atom stereocenters. The van der Waals surface area contributed by atoms with E-state index in [0.717, 1.165) is 38.1 Å². The molecule has 2 heterocycles. The Kier molecular flexibility index (Phi) is 4.60. The molecule has 0 radical (unpaired) electrons. The Morgan fingerprint density at radius 2 is 2.18 bits per heavy atom. The van der Waals surface area contributed by atoms with E-state index in [1.165, 1.54) is 19.3 Å². The summed E-state index contributed by atoms with van der Waals surface area (Å²) in [5.74, 6) is 1.66. The number of carbonyl (C=O) groups excluding carboxylic acids is 1. The average Bonchev–Trinajstić information content (AvgIpc) is 3.15. The van der Waals surface area contributed by atoms with Gasteiger partial charge in [0.2, 0.25) is 11.8 Å². The van der Waals surface area contributed by atoms with Crippen LogP contribution in [-0.2, 0) is 17.6 Å². The van der Waals surface area contributed by atoms with Gasteiger partial charge in [0.05, 0.1) is 5.54 Å². The SMILES string of the molecule is CCc1noc(CCCC(=O)N2CC=CC23CCCCC3)n1. The minimum atomic E-state index is 0.0230. The van der Waals surface area contributed by atoms with Gasteiger partial charge in [-0.25, -0.2) is 0 Å². The van der Waals surface area contributed by atoms with E-state index in [0.29, 0.717) is 18.7 Å². The maximum atomic E-state index is 12.6. The van der Waals surface area contributed by atoms with Gasteiger partial charge in [-0.2, -0.15) is 4.98 Å². The van der Waals surface area contributed by atoms with E-state index in [9.17, 15) is 4.79 Å². The van der Waals surface area contributed by atoms with Crippen molar-refractivity contribution in [2.24, 2.45) is 0 Å². The molecule has 22 heavy (non-hydrogen) atoms. The molecule has 1 amide bonds. The molecule has 1 aromatic rings. The molecule has 5 heteroatoms. The minimum absolute atomic E-state index is 0.0230. The fourth-order valence-corrected chi connectivity index (χ4v) is 3.66. The quantitative estimate of drug-likeness (QED) is 0.784. The molecule has 1 aromatic heterocycles. The lowest BCUT2D eigenvalue weighted by Crippen LogP contribution is -2.48. The number of amides is 1. The number of aryl methyl sites for hydroxylation is 2. The second kappa shape index (κ2) is 6.63. The zero-order valence-corrected chi connectivity index (χ0v) is 13.4. The van der Waals surface area contributed by atoms with Crippen LogP contribution in [0.3, 0.4) is 0 Å². The van der Waals surface area contributed by atoms with Gasteiger partial charge >= 0.3 is 0 Å². The van der Waals surface area contributed by atoms with Crippen molar-refractivity contribution in [2.45, 2.75) is 70.3 Å². The first kappa shape index (κ1) is 15.3. The monoisotopic (exact) mass is 303 g/mol. The second-order valence-electron chi connectivity index (χ2n) is 6.38. The summed E-state index contributed by atoms with van der Waals surface area (Å²) in [4.78, 5) is 19.0. The lowest BCUT2D eigenvalue weighted by atomic mass is 9.81. The smallest absolute Gasteiger partial charge is 0.226 e. The standard InChI is InChI=1S/C17H25N3O2/c1-2-14-18-15(22-19-14)8-6-9-16(21)20-13-7-12-17(20)10-4-3-5-11-17/h7,12H,2-6,8-11,13H2,1H3. The van der Waals surface area contributed by atoms with E-state index >= 15 is 0 Å². The van der Waals surface area contributed by atoms with Crippen LogP contribution in [0.4, 0.5) is 0 Å². The molecule has 2 aliphatic rings. The molecule has 5 nitrogen and oxygen atoms in total. The number of hydrogen-bond acceptors (Lipinski definition) is 4. The van der Waals surface area contributed by atoms with Gasteiger partial charge in [0.1, 0.15) is 0 Å². The molecule has 1 spiro atoms. The summed E-state index contributed by atoms with van der Waals surface area (Å²) in [6.45, 7) is 2.78. The largest absolute Gasteiger partial charge is 0.339 e. The zero-order chi connectivity index (χ0) is 15.4. The predicted molar refractivity (Wildman–Crippen MR) is 83.3 cm³/mol. The first-order valence-electron chi connectivity index (χ1n) is 8.53.